The highest BCUT2D eigenvalue weighted by Crippen LogP contribution is 2.38. The summed E-state index contributed by atoms with van der Waals surface area (Å²) < 4.78 is 0. The average molecular weight is 265 g/mol. The number of fused-ring (bicyclic) bond motifs is 1. The largest absolute Gasteiger partial charge is 0.310 e. The van der Waals surface area contributed by atoms with Crippen LogP contribution >= 0.6 is 0 Å². The Balaban J connectivity index is 1.85. The van der Waals surface area contributed by atoms with Crippen LogP contribution in [0.2, 0.25) is 0 Å². The van der Waals surface area contributed by atoms with Gasteiger partial charge in [-0.1, -0.05) is 55.5 Å². The molecule has 0 saturated carbocycles. The van der Waals surface area contributed by atoms with Gasteiger partial charge in [0.25, 0.3) is 0 Å². The van der Waals surface area contributed by atoms with E-state index in [0.717, 1.165) is 6.54 Å². The molecule has 2 unspecified atom stereocenters. The molecule has 0 aliphatic heterocycles. The number of benzene rings is 2. The smallest absolute Gasteiger partial charge is 0.0357 e. The lowest BCUT2D eigenvalue weighted by atomic mass is 9.91. The molecule has 0 fully saturated rings. The van der Waals surface area contributed by atoms with E-state index in [4.69, 9.17) is 0 Å². The Bertz CT molecular complexity index is 588. The van der Waals surface area contributed by atoms with Gasteiger partial charge < -0.3 is 5.32 Å². The van der Waals surface area contributed by atoms with Gasteiger partial charge in [-0.3, -0.25) is 0 Å². The van der Waals surface area contributed by atoms with Crippen molar-refractivity contribution < 1.29 is 0 Å². The Morgan fingerprint density at radius 2 is 1.80 bits per heavy atom. The van der Waals surface area contributed by atoms with Crippen molar-refractivity contribution in [2.45, 2.75) is 32.7 Å². The van der Waals surface area contributed by atoms with Crippen LogP contribution in [-0.2, 0) is 12.8 Å². The van der Waals surface area contributed by atoms with Gasteiger partial charge in [-0.25, -0.2) is 0 Å². The Morgan fingerprint density at radius 1 is 1.05 bits per heavy atom. The quantitative estimate of drug-likeness (QED) is 0.879. The zero-order valence-corrected chi connectivity index (χ0v) is 12.4. The Labute approximate surface area is 122 Å². The number of rotatable bonds is 4. The average Bonchev–Trinajstić information content (AvgIpc) is 2.80. The number of aryl methyl sites for hydroxylation is 1. The molecule has 0 spiro atoms. The summed E-state index contributed by atoms with van der Waals surface area (Å²) in [5.74, 6) is 0.674. The molecule has 2 aromatic rings. The minimum absolute atomic E-state index is 0.510. The summed E-state index contributed by atoms with van der Waals surface area (Å²) in [6.45, 7) is 5.45. The van der Waals surface area contributed by atoms with Crippen molar-refractivity contribution in [1.82, 2.24) is 5.32 Å². The second-order valence-corrected chi connectivity index (χ2v) is 5.83. The third-order valence-electron chi connectivity index (χ3n) is 4.51. The lowest BCUT2D eigenvalue weighted by Crippen LogP contribution is -2.26. The molecule has 3 rings (SSSR count). The van der Waals surface area contributed by atoms with E-state index in [1.807, 2.05) is 0 Å². The van der Waals surface area contributed by atoms with Crippen LogP contribution in [0.3, 0.4) is 0 Å². The molecule has 0 radical (unpaired) electrons. The molecule has 1 aliphatic carbocycles. The maximum atomic E-state index is 3.69. The van der Waals surface area contributed by atoms with Crippen molar-refractivity contribution >= 4 is 0 Å². The van der Waals surface area contributed by atoms with Crippen molar-refractivity contribution in [3.63, 3.8) is 0 Å². The zero-order valence-electron chi connectivity index (χ0n) is 12.4. The van der Waals surface area contributed by atoms with Crippen molar-refractivity contribution in [2.75, 3.05) is 6.54 Å². The Hall–Kier alpha value is -1.60. The fourth-order valence-corrected chi connectivity index (χ4v) is 3.49. The number of hydrogen-bond donors (Lipinski definition) is 1. The minimum Gasteiger partial charge on any atom is -0.310 e. The van der Waals surface area contributed by atoms with E-state index >= 15 is 0 Å². The summed E-state index contributed by atoms with van der Waals surface area (Å²) in [6, 6.07) is 18.2. The van der Waals surface area contributed by atoms with Crippen LogP contribution in [0.4, 0.5) is 0 Å². The SMILES string of the molecule is CCNC1c2ccccc2CC1Cc1ccccc1C. The number of hydrogen-bond acceptors (Lipinski definition) is 1. The van der Waals surface area contributed by atoms with Gasteiger partial charge in [-0.2, -0.15) is 0 Å². The predicted molar refractivity (Wildman–Crippen MR) is 84.9 cm³/mol. The highest BCUT2D eigenvalue weighted by Gasteiger charge is 2.31. The molecule has 0 amide bonds. The van der Waals surface area contributed by atoms with Crippen LogP contribution in [-0.4, -0.2) is 6.54 Å². The van der Waals surface area contributed by atoms with E-state index in [-0.39, 0.29) is 0 Å². The van der Waals surface area contributed by atoms with Crippen LogP contribution in [0.15, 0.2) is 48.5 Å². The van der Waals surface area contributed by atoms with E-state index < -0.39 is 0 Å². The molecular formula is C19H23N. The van der Waals surface area contributed by atoms with Crippen LogP contribution in [0.5, 0.6) is 0 Å². The van der Waals surface area contributed by atoms with Crippen molar-refractivity contribution in [2.24, 2.45) is 5.92 Å². The van der Waals surface area contributed by atoms with E-state index in [1.165, 1.54) is 35.1 Å². The molecule has 0 heterocycles. The summed E-state index contributed by atoms with van der Waals surface area (Å²) in [4.78, 5) is 0. The summed E-state index contributed by atoms with van der Waals surface area (Å²) in [5, 5.41) is 3.69. The van der Waals surface area contributed by atoms with Gasteiger partial charge in [0.2, 0.25) is 0 Å². The van der Waals surface area contributed by atoms with Crippen molar-refractivity contribution in [3.8, 4) is 0 Å². The molecule has 0 bridgehead atoms. The first-order valence-electron chi connectivity index (χ1n) is 7.65. The van der Waals surface area contributed by atoms with E-state index in [0.29, 0.717) is 12.0 Å². The molecule has 1 aliphatic rings. The molecule has 104 valence electrons. The third kappa shape index (κ3) is 2.51. The molecular weight excluding hydrogens is 242 g/mol. The van der Waals surface area contributed by atoms with Crippen molar-refractivity contribution in [1.29, 1.82) is 0 Å². The van der Waals surface area contributed by atoms with Crippen molar-refractivity contribution in [3.05, 3.63) is 70.8 Å². The predicted octanol–water partition coefficient (Wildman–Crippen LogP) is 4.06. The molecule has 0 saturated heterocycles. The van der Waals surface area contributed by atoms with Gasteiger partial charge in [-0.05, 0) is 54.5 Å². The highest BCUT2D eigenvalue weighted by atomic mass is 14.9. The molecule has 1 nitrogen and oxygen atoms in total. The highest BCUT2D eigenvalue weighted by molar-refractivity contribution is 5.37. The molecule has 2 aromatic carbocycles. The second kappa shape index (κ2) is 5.80. The second-order valence-electron chi connectivity index (χ2n) is 5.83. The standard InChI is InChI=1S/C19H23N/c1-3-20-19-17(12-15-9-5-4-8-14(15)2)13-16-10-6-7-11-18(16)19/h4-11,17,19-20H,3,12-13H2,1-2H3. The van der Waals surface area contributed by atoms with Crippen LogP contribution < -0.4 is 5.32 Å². The maximum absolute atomic E-state index is 3.69. The lowest BCUT2D eigenvalue weighted by Gasteiger charge is -2.22. The number of nitrogens with one attached hydrogen (secondary N) is 1. The molecule has 20 heavy (non-hydrogen) atoms. The van der Waals surface area contributed by atoms with Gasteiger partial charge in [0.05, 0.1) is 0 Å². The summed E-state index contributed by atoms with van der Waals surface area (Å²) in [6.07, 6.45) is 2.36. The van der Waals surface area contributed by atoms with Crippen LogP contribution in [0, 0.1) is 12.8 Å². The fourth-order valence-electron chi connectivity index (χ4n) is 3.49. The van der Waals surface area contributed by atoms with E-state index in [1.54, 1.807) is 0 Å². The topological polar surface area (TPSA) is 12.0 Å². The summed E-state index contributed by atoms with van der Waals surface area (Å²) in [7, 11) is 0. The van der Waals surface area contributed by atoms with E-state index in [9.17, 15) is 0 Å². The zero-order chi connectivity index (χ0) is 13.9. The lowest BCUT2D eigenvalue weighted by molar-refractivity contribution is 0.393. The van der Waals surface area contributed by atoms with Gasteiger partial charge in [0, 0.05) is 6.04 Å². The van der Waals surface area contributed by atoms with Crippen LogP contribution in [0.1, 0.15) is 35.2 Å². The third-order valence-corrected chi connectivity index (χ3v) is 4.51. The maximum Gasteiger partial charge on any atom is 0.0357 e. The monoisotopic (exact) mass is 265 g/mol. The minimum atomic E-state index is 0.510. The van der Waals surface area contributed by atoms with E-state index in [2.05, 4.69) is 67.7 Å². The molecule has 1 N–H and O–H groups in total. The Morgan fingerprint density at radius 3 is 2.60 bits per heavy atom. The first-order chi connectivity index (χ1) is 9.79. The fraction of sp³-hybridized carbons (Fsp3) is 0.368. The van der Waals surface area contributed by atoms with Gasteiger partial charge in [0.15, 0.2) is 0 Å². The van der Waals surface area contributed by atoms with Gasteiger partial charge >= 0.3 is 0 Å². The van der Waals surface area contributed by atoms with Crippen LogP contribution in [0.25, 0.3) is 0 Å². The first kappa shape index (κ1) is 13.4. The molecule has 0 aromatic heterocycles. The normalized spacial score (nSPS) is 20.9. The summed E-state index contributed by atoms with van der Waals surface area (Å²) in [5.41, 5.74) is 5.94. The molecule has 2 atom stereocenters. The van der Waals surface area contributed by atoms with Gasteiger partial charge in [-0.15, -0.1) is 0 Å². The molecule has 1 heteroatoms. The van der Waals surface area contributed by atoms with Gasteiger partial charge in [0.1, 0.15) is 0 Å². The first-order valence-corrected chi connectivity index (χ1v) is 7.65. The Kier molecular flexibility index (Phi) is 3.88. The summed E-state index contributed by atoms with van der Waals surface area (Å²) >= 11 is 0.